The monoisotopic (exact) mass is 297 g/mol. The summed E-state index contributed by atoms with van der Waals surface area (Å²) < 4.78 is 4.74. The van der Waals surface area contributed by atoms with Gasteiger partial charge in [-0.3, -0.25) is 4.79 Å². The Balaban J connectivity index is 2.27. The third kappa shape index (κ3) is 2.28. The molecule has 2 heterocycles. The first-order valence-corrected chi connectivity index (χ1v) is 6.78. The standard InChI is InChI=1S/C16H15N3O3/c1-8-15-12(7-14(17-8)16(21)22-3)11-6-10(18-9(2)20)4-5-13(11)19-15/h4-7,19H,1-3H3,(H,18,20). The van der Waals surface area contributed by atoms with E-state index in [1.807, 2.05) is 25.1 Å². The number of hydrogen-bond acceptors (Lipinski definition) is 4. The molecule has 22 heavy (non-hydrogen) atoms. The average Bonchev–Trinajstić information content (AvgIpc) is 2.84. The van der Waals surface area contributed by atoms with Gasteiger partial charge in [0.25, 0.3) is 0 Å². The zero-order valence-corrected chi connectivity index (χ0v) is 12.5. The predicted molar refractivity (Wildman–Crippen MR) is 84.0 cm³/mol. The molecular weight excluding hydrogens is 282 g/mol. The molecule has 0 saturated heterocycles. The number of aromatic nitrogens is 2. The van der Waals surface area contributed by atoms with Crippen LogP contribution < -0.4 is 5.32 Å². The number of carbonyl (C=O) groups is 2. The average molecular weight is 297 g/mol. The Bertz CT molecular complexity index is 912. The van der Waals surface area contributed by atoms with E-state index in [9.17, 15) is 9.59 Å². The van der Waals surface area contributed by atoms with Crippen LogP contribution in [-0.2, 0) is 9.53 Å². The van der Waals surface area contributed by atoms with Gasteiger partial charge in [-0.2, -0.15) is 0 Å². The fourth-order valence-electron chi connectivity index (χ4n) is 2.54. The molecule has 0 bridgehead atoms. The number of esters is 1. The van der Waals surface area contributed by atoms with Crippen molar-refractivity contribution in [2.75, 3.05) is 12.4 Å². The predicted octanol–water partition coefficient (Wildman–Crippen LogP) is 2.77. The molecule has 6 heteroatoms. The van der Waals surface area contributed by atoms with E-state index < -0.39 is 5.97 Å². The van der Waals surface area contributed by atoms with E-state index in [0.29, 0.717) is 5.69 Å². The van der Waals surface area contributed by atoms with Crippen molar-refractivity contribution >= 4 is 39.4 Å². The summed E-state index contributed by atoms with van der Waals surface area (Å²) in [6, 6.07) is 7.28. The van der Waals surface area contributed by atoms with Crippen molar-refractivity contribution in [1.82, 2.24) is 9.97 Å². The topological polar surface area (TPSA) is 84.1 Å². The van der Waals surface area contributed by atoms with Crippen molar-refractivity contribution in [3.63, 3.8) is 0 Å². The molecule has 0 unspecified atom stereocenters. The molecule has 0 aliphatic heterocycles. The van der Waals surface area contributed by atoms with Crippen molar-refractivity contribution in [2.45, 2.75) is 13.8 Å². The summed E-state index contributed by atoms with van der Waals surface area (Å²) in [6.07, 6.45) is 0. The molecule has 0 aliphatic carbocycles. The molecule has 0 atom stereocenters. The second-order valence-corrected chi connectivity index (χ2v) is 5.07. The molecule has 0 fully saturated rings. The number of aromatic amines is 1. The zero-order chi connectivity index (χ0) is 15.9. The molecule has 0 saturated carbocycles. The van der Waals surface area contributed by atoms with E-state index in [2.05, 4.69) is 15.3 Å². The van der Waals surface area contributed by atoms with Crippen molar-refractivity contribution < 1.29 is 14.3 Å². The number of H-pyrrole nitrogens is 1. The molecule has 3 aromatic rings. The number of benzene rings is 1. The molecule has 6 nitrogen and oxygen atoms in total. The van der Waals surface area contributed by atoms with Gasteiger partial charge in [0.05, 0.1) is 18.3 Å². The van der Waals surface area contributed by atoms with E-state index in [0.717, 1.165) is 27.5 Å². The zero-order valence-electron chi connectivity index (χ0n) is 12.5. The molecule has 0 aliphatic rings. The van der Waals surface area contributed by atoms with Gasteiger partial charge in [-0.1, -0.05) is 0 Å². The lowest BCUT2D eigenvalue weighted by atomic mass is 10.1. The maximum Gasteiger partial charge on any atom is 0.356 e. The van der Waals surface area contributed by atoms with Crippen molar-refractivity contribution in [1.29, 1.82) is 0 Å². The Morgan fingerprint density at radius 1 is 1.23 bits per heavy atom. The number of nitrogens with zero attached hydrogens (tertiary/aromatic N) is 1. The quantitative estimate of drug-likeness (QED) is 0.712. The smallest absolute Gasteiger partial charge is 0.356 e. The summed E-state index contributed by atoms with van der Waals surface area (Å²) in [6.45, 7) is 3.29. The van der Waals surface area contributed by atoms with E-state index >= 15 is 0 Å². The fraction of sp³-hybridized carbons (Fsp3) is 0.188. The lowest BCUT2D eigenvalue weighted by Gasteiger charge is -2.03. The number of pyridine rings is 1. The number of rotatable bonds is 2. The molecule has 0 radical (unpaired) electrons. The molecule has 2 aromatic heterocycles. The van der Waals surface area contributed by atoms with E-state index in [1.54, 1.807) is 6.07 Å². The second-order valence-electron chi connectivity index (χ2n) is 5.07. The number of amides is 1. The van der Waals surface area contributed by atoms with Crippen LogP contribution in [0.5, 0.6) is 0 Å². The van der Waals surface area contributed by atoms with Crippen molar-refractivity contribution in [3.05, 3.63) is 35.7 Å². The summed E-state index contributed by atoms with van der Waals surface area (Å²) in [5, 5.41) is 4.54. The lowest BCUT2D eigenvalue weighted by Crippen LogP contribution is -2.05. The van der Waals surface area contributed by atoms with Gasteiger partial charge in [-0.25, -0.2) is 9.78 Å². The molecule has 1 aromatic carbocycles. The first-order chi connectivity index (χ1) is 10.5. The number of anilines is 1. The molecule has 0 spiro atoms. The highest BCUT2D eigenvalue weighted by molar-refractivity contribution is 6.11. The van der Waals surface area contributed by atoms with Crippen LogP contribution in [-0.4, -0.2) is 29.0 Å². The minimum absolute atomic E-state index is 0.132. The number of hydrogen-bond donors (Lipinski definition) is 2. The van der Waals surface area contributed by atoms with E-state index in [1.165, 1.54) is 14.0 Å². The Kier molecular flexibility index (Phi) is 3.29. The third-order valence-electron chi connectivity index (χ3n) is 3.48. The molecular formula is C16H15N3O3. The Hall–Kier alpha value is -2.89. The lowest BCUT2D eigenvalue weighted by molar-refractivity contribution is -0.114. The molecule has 2 N–H and O–H groups in total. The molecule has 1 amide bonds. The summed E-state index contributed by atoms with van der Waals surface area (Å²) in [5.41, 5.74) is 3.46. The van der Waals surface area contributed by atoms with Gasteiger partial charge in [0, 0.05) is 28.9 Å². The highest BCUT2D eigenvalue weighted by Gasteiger charge is 2.14. The van der Waals surface area contributed by atoms with Crippen LogP contribution in [0.15, 0.2) is 24.3 Å². The van der Waals surface area contributed by atoms with Gasteiger partial charge < -0.3 is 15.0 Å². The summed E-state index contributed by atoms with van der Waals surface area (Å²) in [7, 11) is 1.33. The van der Waals surface area contributed by atoms with Gasteiger partial charge in [-0.05, 0) is 31.2 Å². The first kappa shape index (κ1) is 14.1. The maximum atomic E-state index is 11.7. The number of fused-ring (bicyclic) bond motifs is 3. The summed E-state index contributed by atoms with van der Waals surface area (Å²) in [4.78, 5) is 30.5. The van der Waals surface area contributed by atoms with Crippen molar-refractivity contribution in [2.24, 2.45) is 0 Å². The number of aryl methyl sites for hydroxylation is 1. The van der Waals surface area contributed by atoms with Crippen LogP contribution in [0.4, 0.5) is 5.69 Å². The highest BCUT2D eigenvalue weighted by Crippen LogP contribution is 2.29. The SMILES string of the molecule is COC(=O)c1cc2c([nH]c3ccc(NC(C)=O)cc32)c(C)n1. The largest absolute Gasteiger partial charge is 0.464 e. The first-order valence-electron chi connectivity index (χ1n) is 6.78. The van der Waals surface area contributed by atoms with Gasteiger partial charge in [0.1, 0.15) is 5.69 Å². The van der Waals surface area contributed by atoms with Gasteiger partial charge in [0.15, 0.2) is 0 Å². The number of carbonyl (C=O) groups excluding carboxylic acids is 2. The van der Waals surface area contributed by atoms with Crippen LogP contribution in [0.3, 0.4) is 0 Å². The Morgan fingerprint density at radius 2 is 2.00 bits per heavy atom. The number of methoxy groups -OCH3 is 1. The van der Waals surface area contributed by atoms with Crippen molar-refractivity contribution in [3.8, 4) is 0 Å². The Labute approximate surface area is 126 Å². The minimum Gasteiger partial charge on any atom is -0.464 e. The van der Waals surface area contributed by atoms with E-state index in [-0.39, 0.29) is 11.6 Å². The van der Waals surface area contributed by atoms with Gasteiger partial charge in [0.2, 0.25) is 5.91 Å². The minimum atomic E-state index is -0.475. The second kappa shape index (κ2) is 5.14. The summed E-state index contributed by atoms with van der Waals surface area (Å²) in [5.74, 6) is -0.607. The number of ether oxygens (including phenoxy) is 1. The van der Waals surface area contributed by atoms with Crippen LogP contribution in [0, 0.1) is 6.92 Å². The number of nitrogens with one attached hydrogen (secondary N) is 2. The molecule has 3 rings (SSSR count). The fourth-order valence-corrected chi connectivity index (χ4v) is 2.54. The maximum absolute atomic E-state index is 11.7. The highest BCUT2D eigenvalue weighted by atomic mass is 16.5. The van der Waals surface area contributed by atoms with Crippen LogP contribution >= 0.6 is 0 Å². The summed E-state index contributed by atoms with van der Waals surface area (Å²) >= 11 is 0. The van der Waals surface area contributed by atoms with E-state index in [4.69, 9.17) is 4.74 Å². The molecule has 112 valence electrons. The normalized spacial score (nSPS) is 10.9. The van der Waals surface area contributed by atoms with Crippen LogP contribution in [0.2, 0.25) is 0 Å². The van der Waals surface area contributed by atoms with Crippen LogP contribution in [0.1, 0.15) is 23.1 Å². The van der Waals surface area contributed by atoms with Crippen LogP contribution in [0.25, 0.3) is 21.8 Å². The third-order valence-corrected chi connectivity index (χ3v) is 3.48. The Morgan fingerprint density at radius 3 is 2.68 bits per heavy atom. The van der Waals surface area contributed by atoms with Gasteiger partial charge >= 0.3 is 5.97 Å². The van der Waals surface area contributed by atoms with Gasteiger partial charge in [-0.15, -0.1) is 0 Å².